The number of nitrogens with zero attached hydrogens (tertiary/aromatic N) is 4. The van der Waals surface area contributed by atoms with Gasteiger partial charge in [-0.25, -0.2) is 18.1 Å². The topological polar surface area (TPSA) is 101 Å². The van der Waals surface area contributed by atoms with Gasteiger partial charge in [-0.2, -0.15) is 10.4 Å². The van der Waals surface area contributed by atoms with Gasteiger partial charge in [0.05, 0.1) is 23.1 Å². The maximum Gasteiger partial charge on any atom is 0.241 e. The Bertz CT molecular complexity index is 773. The van der Waals surface area contributed by atoms with Crippen LogP contribution in [0.5, 0.6) is 0 Å². The fourth-order valence-electron chi connectivity index (χ4n) is 1.72. The third kappa shape index (κ3) is 3.01. The van der Waals surface area contributed by atoms with Crippen LogP contribution >= 0.6 is 0 Å². The van der Waals surface area contributed by atoms with Gasteiger partial charge in [0, 0.05) is 7.05 Å². The molecule has 0 amide bonds. The standard InChI is InChI=1S/C12H13N5O2S/c1-9-5-10(6-13)3-4-11(9)20(18,19)15-7-12-14-8-17(2)16-12/h3-5,8,15H,7H2,1-2H3. The summed E-state index contributed by atoms with van der Waals surface area (Å²) >= 11 is 0. The van der Waals surface area contributed by atoms with Crippen LogP contribution in [0.1, 0.15) is 17.0 Å². The van der Waals surface area contributed by atoms with Crippen LogP contribution in [-0.4, -0.2) is 23.2 Å². The molecule has 7 nitrogen and oxygen atoms in total. The van der Waals surface area contributed by atoms with Gasteiger partial charge >= 0.3 is 0 Å². The van der Waals surface area contributed by atoms with E-state index < -0.39 is 10.0 Å². The van der Waals surface area contributed by atoms with Gasteiger partial charge in [-0.3, -0.25) is 4.68 Å². The highest BCUT2D eigenvalue weighted by atomic mass is 32.2. The Hall–Kier alpha value is -2.24. The zero-order valence-corrected chi connectivity index (χ0v) is 11.8. The molecule has 0 bridgehead atoms. The molecule has 0 unspecified atom stereocenters. The van der Waals surface area contributed by atoms with Crippen molar-refractivity contribution >= 4 is 10.0 Å². The number of rotatable bonds is 4. The number of nitriles is 1. The summed E-state index contributed by atoms with van der Waals surface area (Å²) in [4.78, 5) is 4.09. The Kier molecular flexibility index (Phi) is 3.83. The molecule has 1 N–H and O–H groups in total. The molecular weight excluding hydrogens is 278 g/mol. The lowest BCUT2D eigenvalue weighted by Crippen LogP contribution is -2.24. The zero-order chi connectivity index (χ0) is 14.8. The molecule has 0 spiro atoms. The summed E-state index contributed by atoms with van der Waals surface area (Å²) in [6.07, 6.45) is 1.50. The van der Waals surface area contributed by atoms with E-state index in [1.165, 1.54) is 29.2 Å². The van der Waals surface area contributed by atoms with Gasteiger partial charge in [0.25, 0.3) is 0 Å². The number of aromatic nitrogens is 3. The zero-order valence-electron chi connectivity index (χ0n) is 11.0. The fourth-order valence-corrected chi connectivity index (χ4v) is 2.93. The van der Waals surface area contributed by atoms with Crippen molar-refractivity contribution in [1.82, 2.24) is 19.5 Å². The van der Waals surface area contributed by atoms with Gasteiger partial charge < -0.3 is 0 Å². The molecule has 1 aromatic heterocycles. The van der Waals surface area contributed by atoms with Gasteiger partial charge in [0.15, 0.2) is 5.82 Å². The second-order valence-electron chi connectivity index (χ2n) is 4.25. The van der Waals surface area contributed by atoms with Crippen LogP contribution in [0.4, 0.5) is 0 Å². The summed E-state index contributed by atoms with van der Waals surface area (Å²) in [5, 5.41) is 12.8. The molecule has 0 radical (unpaired) electrons. The molecule has 0 aliphatic carbocycles. The highest BCUT2D eigenvalue weighted by Gasteiger charge is 2.17. The Labute approximate surface area is 116 Å². The third-order valence-electron chi connectivity index (χ3n) is 2.66. The van der Waals surface area contributed by atoms with Crippen molar-refractivity contribution in [2.24, 2.45) is 7.05 Å². The third-order valence-corrected chi connectivity index (χ3v) is 4.22. The summed E-state index contributed by atoms with van der Waals surface area (Å²) in [5.41, 5.74) is 0.943. The normalized spacial score (nSPS) is 11.2. The lowest BCUT2D eigenvalue weighted by molar-refractivity contribution is 0.578. The minimum absolute atomic E-state index is 0.0165. The van der Waals surface area contributed by atoms with Crippen molar-refractivity contribution in [3.63, 3.8) is 0 Å². The lowest BCUT2D eigenvalue weighted by atomic mass is 10.2. The van der Waals surface area contributed by atoms with E-state index in [4.69, 9.17) is 5.26 Å². The second kappa shape index (κ2) is 5.40. The molecule has 1 heterocycles. The Balaban J connectivity index is 2.20. The van der Waals surface area contributed by atoms with Crippen molar-refractivity contribution in [3.8, 4) is 6.07 Å². The molecule has 0 atom stereocenters. The number of sulfonamides is 1. The van der Waals surface area contributed by atoms with Gasteiger partial charge in [0.2, 0.25) is 10.0 Å². The number of benzene rings is 1. The second-order valence-corrected chi connectivity index (χ2v) is 5.99. The van der Waals surface area contributed by atoms with E-state index in [9.17, 15) is 8.42 Å². The van der Waals surface area contributed by atoms with Crippen LogP contribution in [-0.2, 0) is 23.6 Å². The van der Waals surface area contributed by atoms with Crippen molar-refractivity contribution < 1.29 is 8.42 Å². The minimum atomic E-state index is -3.65. The average Bonchev–Trinajstić information content (AvgIpc) is 2.82. The molecule has 0 fully saturated rings. The maximum atomic E-state index is 12.2. The van der Waals surface area contributed by atoms with Crippen LogP contribution in [0.3, 0.4) is 0 Å². The molecule has 2 rings (SSSR count). The Morgan fingerprint density at radius 3 is 2.75 bits per heavy atom. The molecule has 2 aromatic rings. The fraction of sp³-hybridized carbons (Fsp3) is 0.250. The Morgan fingerprint density at radius 1 is 1.45 bits per heavy atom. The molecule has 20 heavy (non-hydrogen) atoms. The molecule has 0 aliphatic rings. The number of nitrogens with one attached hydrogen (secondary N) is 1. The van der Waals surface area contributed by atoms with E-state index in [0.29, 0.717) is 17.0 Å². The van der Waals surface area contributed by atoms with Crippen molar-refractivity contribution in [3.05, 3.63) is 41.5 Å². The number of hydrogen-bond acceptors (Lipinski definition) is 5. The largest absolute Gasteiger partial charge is 0.256 e. The van der Waals surface area contributed by atoms with Gasteiger partial charge in [0.1, 0.15) is 6.33 Å². The quantitative estimate of drug-likeness (QED) is 0.882. The molecule has 0 saturated carbocycles. The first-order valence-corrected chi connectivity index (χ1v) is 7.25. The summed E-state index contributed by atoms with van der Waals surface area (Å²) in [7, 11) is -1.95. The lowest BCUT2D eigenvalue weighted by Gasteiger charge is -2.08. The summed E-state index contributed by atoms with van der Waals surface area (Å²) in [6.45, 7) is 1.66. The number of aryl methyl sites for hydroxylation is 2. The molecule has 104 valence electrons. The SMILES string of the molecule is Cc1cc(C#N)ccc1S(=O)(=O)NCc1ncn(C)n1. The van der Waals surface area contributed by atoms with Crippen molar-refractivity contribution in [2.45, 2.75) is 18.4 Å². The minimum Gasteiger partial charge on any atom is -0.256 e. The van der Waals surface area contributed by atoms with Gasteiger partial charge in [-0.1, -0.05) is 0 Å². The first kappa shape index (κ1) is 14.2. The van der Waals surface area contributed by atoms with E-state index in [1.807, 2.05) is 6.07 Å². The van der Waals surface area contributed by atoms with Gasteiger partial charge in [-0.15, -0.1) is 0 Å². The van der Waals surface area contributed by atoms with Crippen LogP contribution in [0, 0.1) is 18.3 Å². The van der Waals surface area contributed by atoms with E-state index in [1.54, 1.807) is 14.0 Å². The van der Waals surface area contributed by atoms with E-state index in [-0.39, 0.29) is 11.4 Å². The smallest absolute Gasteiger partial charge is 0.241 e. The van der Waals surface area contributed by atoms with E-state index >= 15 is 0 Å². The van der Waals surface area contributed by atoms with Crippen molar-refractivity contribution in [2.75, 3.05) is 0 Å². The molecule has 8 heteroatoms. The first-order valence-electron chi connectivity index (χ1n) is 5.77. The predicted octanol–water partition coefficient (Wildman–Crippen LogP) is 0.474. The van der Waals surface area contributed by atoms with Crippen LogP contribution in [0.2, 0.25) is 0 Å². The van der Waals surface area contributed by atoms with E-state index in [0.717, 1.165) is 0 Å². The van der Waals surface area contributed by atoms with Crippen LogP contribution in [0.25, 0.3) is 0 Å². The van der Waals surface area contributed by atoms with Crippen LogP contribution in [0.15, 0.2) is 29.4 Å². The highest BCUT2D eigenvalue weighted by Crippen LogP contribution is 2.16. The monoisotopic (exact) mass is 291 g/mol. The molecular formula is C12H13N5O2S. The summed E-state index contributed by atoms with van der Waals surface area (Å²) in [6, 6.07) is 6.40. The average molecular weight is 291 g/mol. The molecule has 0 saturated heterocycles. The Morgan fingerprint density at radius 2 is 2.20 bits per heavy atom. The van der Waals surface area contributed by atoms with Gasteiger partial charge in [-0.05, 0) is 30.7 Å². The van der Waals surface area contributed by atoms with E-state index in [2.05, 4.69) is 14.8 Å². The highest BCUT2D eigenvalue weighted by molar-refractivity contribution is 7.89. The van der Waals surface area contributed by atoms with Crippen molar-refractivity contribution in [1.29, 1.82) is 5.26 Å². The summed E-state index contributed by atoms with van der Waals surface area (Å²) < 4.78 is 28.3. The molecule has 0 aliphatic heterocycles. The maximum absolute atomic E-state index is 12.2. The summed E-state index contributed by atoms with van der Waals surface area (Å²) in [5.74, 6) is 0.391. The number of hydrogen-bond donors (Lipinski definition) is 1. The van der Waals surface area contributed by atoms with Crippen LogP contribution < -0.4 is 4.72 Å². The molecule has 1 aromatic carbocycles. The predicted molar refractivity (Wildman–Crippen MR) is 70.9 cm³/mol. The first-order chi connectivity index (χ1) is 9.42.